The van der Waals surface area contributed by atoms with Crippen molar-refractivity contribution in [2.24, 2.45) is 0 Å². The molecule has 0 aromatic heterocycles. The third-order valence-electron chi connectivity index (χ3n) is 4.25. The van der Waals surface area contributed by atoms with E-state index in [9.17, 15) is 34.6 Å². The molecule has 2 aromatic carbocycles. The average molecular weight is 442 g/mol. The molecule has 1 fully saturated rings. The monoisotopic (exact) mass is 442 g/mol. The fraction of sp³-hybridized carbons (Fsp3) is 0.105. The van der Waals surface area contributed by atoms with Crippen LogP contribution in [0.2, 0.25) is 0 Å². The SMILES string of the molecule is COC(=O)CN1C(=O)N/C(=C/c2ccc(Oc3ccc([N+](=O)[O-])cc3[N+](=O)[O-])cc2)C1=O. The van der Waals surface area contributed by atoms with Gasteiger partial charge in [0.2, 0.25) is 5.75 Å². The van der Waals surface area contributed by atoms with Gasteiger partial charge in [0.1, 0.15) is 18.0 Å². The smallest absolute Gasteiger partial charge is 0.329 e. The lowest BCUT2D eigenvalue weighted by molar-refractivity contribution is -0.394. The molecule has 0 atom stereocenters. The molecule has 3 rings (SSSR count). The third kappa shape index (κ3) is 4.67. The molecule has 1 N–H and O–H groups in total. The maximum absolute atomic E-state index is 12.3. The van der Waals surface area contributed by atoms with E-state index in [1.807, 2.05) is 0 Å². The van der Waals surface area contributed by atoms with E-state index in [1.54, 1.807) is 0 Å². The number of carbonyl (C=O) groups excluding carboxylic acids is 3. The summed E-state index contributed by atoms with van der Waals surface area (Å²) in [7, 11) is 1.13. The van der Waals surface area contributed by atoms with E-state index in [4.69, 9.17) is 4.74 Å². The molecule has 3 amide bonds. The van der Waals surface area contributed by atoms with Crippen molar-refractivity contribution in [2.75, 3.05) is 13.7 Å². The first kappa shape index (κ1) is 21.9. The van der Waals surface area contributed by atoms with Gasteiger partial charge in [-0.2, -0.15) is 0 Å². The second-order valence-electron chi connectivity index (χ2n) is 6.29. The molecule has 1 saturated heterocycles. The normalized spacial score (nSPS) is 14.3. The van der Waals surface area contributed by atoms with Gasteiger partial charge in [-0.25, -0.2) is 9.69 Å². The van der Waals surface area contributed by atoms with Crippen molar-refractivity contribution in [3.63, 3.8) is 0 Å². The Morgan fingerprint density at radius 1 is 1.09 bits per heavy atom. The molecule has 1 heterocycles. The van der Waals surface area contributed by atoms with Gasteiger partial charge in [-0.05, 0) is 29.8 Å². The predicted molar refractivity (Wildman–Crippen MR) is 107 cm³/mol. The van der Waals surface area contributed by atoms with Gasteiger partial charge in [-0.3, -0.25) is 29.8 Å². The molecule has 1 aliphatic rings. The summed E-state index contributed by atoms with van der Waals surface area (Å²) in [5, 5.41) is 24.4. The number of nitro groups is 2. The Balaban J connectivity index is 1.77. The van der Waals surface area contributed by atoms with E-state index in [1.165, 1.54) is 30.3 Å². The molecule has 164 valence electrons. The number of benzene rings is 2. The van der Waals surface area contributed by atoms with Gasteiger partial charge in [0.05, 0.1) is 23.0 Å². The standard InChI is InChI=1S/C19H14N4O9/c1-31-17(24)10-21-18(25)14(20-19(21)26)8-11-2-5-13(6-3-11)32-16-7-4-12(22(27)28)9-15(16)23(29)30/h2-9H,10H2,1H3,(H,20,26)/b14-8+. The number of hydrogen-bond donors (Lipinski definition) is 1. The first-order chi connectivity index (χ1) is 15.2. The topological polar surface area (TPSA) is 171 Å². The van der Waals surface area contributed by atoms with Crippen molar-refractivity contribution in [3.8, 4) is 11.5 Å². The summed E-state index contributed by atoms with van der Waals surface area (Å²) in [6.07, 6.45) is 1.37. The lowest BCUT2D eigenvalue weighted by atomic mass is 10.2. The van der Waals surface area contributed by atoms with Crippen LogP contribution < -0.4 is 10.1 Å². The Morgan fingerprint density at radius 2 is 1.78 bits per heavy atom. The molecule has 0 saturated carbocycles. The number of ether oxygens (including phenoxy) is 2. The molecule has 13 heteroatoms. The van der Waals surface area contributed by atoms with E-state index < -0.39 is 45.7 Å². The van der Waals surface area contributed by atoms with Crippen LogP contribution in [0.1, 0.15) is 5.56 Å². The summed E-state index contributed by atoms with van der Waals surface area (Å²) in [6, 6.07) is 8.16. The van der Waals surface area contributed by atoms with Crippen molar-refractivity contribution in [1.29, 1.82) is 0 Å². The van der Waals surface area contributed by atoms with Crippen molar-refractivity contribution in [3.05, 3.63) is 74.0 Å². The van der Waals surface area contributed by atoms with E-state index in [0.29, 0.717) is 10.5 Å². The number of esters is 1. The number of nitrogens with zero attached hydrogens (tertiary/aromatic N) is 3. The van der Waals surface area contributed by atoms with E-state index in [-0.39, 0.29) is 17.2 Å². The summed E-state index contributed by atoms with van der Waals surface area (Å²) in [6.45, 7) is -0.528. The van der Waals surface area contributed by atoms with Gasteiger partial charge < -0.3 is 14.8 Å². The van der Waals surface area contributed by atoms with Crippen LogP contribution in [0, 0.1) is 20.2 Å². The van der Waals surface area contributed by atoms with Crippen LogP contribution in [0.25, 0.3) is 6.08 Å². The quantitative estimate of drug-likeness (QED) is 0.222. The summed E-state index contributed by atoms with van der Waals surface area (Å²) in [4.78, 5) is 56.6. The van der Waals surface area contributed by atoms with Crippen molar-refractivity contribution >= 4 is 35.4 Å². The number of carbonyl (C=O) groups is 3. The summed E-state index contributed by atoms with van der Waals surface area (Å²) >= 11 is 0. The minimum Gasteiger partial charge on any atom is -0.468 e. The van der Waals surface area contributed by atoms with Crippen LogP contribution in [0.15, 0.2) is 48.2 Å². The first-order valence-electron chi connectivity index (χ1n) is 8.81. The van der Waals surface area contributed by atoms with Gasteiger partial charge in [0.25, 0.3) is 11.6 Å². The lowest BCUT2D eigenvalue weighted by Crippen LogP contribution is -2.36. The zero-order valence-electron chi connectivity index (χ0n) is 16.3. The number of imide groups is 1. The summed E-state index contributed by atoms with van der Waals surface area (Å²) in [5.74, 6) is -1.46. The third-order valence-corrected chi connectivity index (χ3v) is 4.25. The molecule has 0 spiro atoms. The second-order valence-corrected chi connectivity index (χ2v) is 6.29. The highest BCUT2D eigenvalue weighted by Gasteiger charge is 2.35. The fourth-order valence-corrected chi connectivity index (χ4v) is 2.68. The number of urea groups is 1. The first-order valence-corrected chi connectivity index (χ1v) is 8.81. The van der Waals surface area contributed by atoms with Gasteiger partial charge >= 0.3 is 17.7 Å². The number of non-ortho nitro benzene ring substituents is 1. The highest BCUT2D eigenvalue weighted by Crippen LogP contribution is 2.34. The second kappa shape index (κ2) is 8.91. The highest BCUT2D eigenvalue weighted by atomic mass is 16.6. The molecule has 0 radical (unpaired) electrons. The number of nitrogens with one attached hydrogen (secondary N) is 1. The molecule has 32 heavy (non-hydrogen) atoms. The number of hydrogen-bond acceptors (Lipinski definition) is 9. The maximum Gasteiger partial charge on any atom is 0.329 e. The average Bonchev–Trinajstić information content (AvgIpc) is 3.02. The van der Waals surface area contributed by atoms with Crippen molar-refractivity contribution in [2.45, 2.75) is 0 Å². The Kier molecular flexibility index (Phi) is 6.09. The summed E-state index contributed by atoms with van der Waals surface area (Å²) < 4.78 is 9.90. The lowest BCUT2D eigenvalue weighted by Gasteiger charge is -2.09. The molecule has 0 unspecified atom stereocenters. The molecule has 0 bridgehead atoms. The molecule has 1 aliphatic heterocycles. The van der Waals surface area contributed by atoms with Gasteiger partial charge in [0, 0.05) is 6.07 Å². The van der Waals surface area contributed by atoms with Crippen LogP contribution in [0.3, 0.4) is 0 Å². The van der Waals surface area contributed by atoms with Crippen LogP contribution in [0.5, 0.6) is 11.5 Å². The predicted octanol–water partition coefficient (Wildman–Crippen LogP) is 2.36. The number of methoxy groups -OCH3 is 1. The number of amides is 3. The van der Waals surface area contributed by atoms with Crippen LogP contribution >= 0.6 is 0 Å². The molecular formula is C19H14N4O9. The fourth-order valence-electron chi connectivity index (χ4n) is 2.68. The minimum atomic E-state index is -0.796. The highest BCUT2D eigenvalue weighted by molar-refractivity contribution is 6.15. The zero-order chi connectivity index (χ0) is 23.4. The van der Waals surface area contributed by atoms with Crippen LogP contribution in [0.4, 0.5) is 16.2 Å². The molecule has 13 nitrogen and oxygen atoms in total. The van der Waals surface area contributed by atoms with Crippen molar-refractivity contribution < 1.29 is 33.7 Å². The van der Waals surface area contributed by atoms with E-state index in [2.05, 4.69) is 10.1 Å². The summed E-state index contributed by atoms with van der Waals surface area (Å²) in [5.41, 5.74) is -0.594. The van der Waals surface area contributed by atoms with Crippen LogP contribution in [-0.2, 0) is 14.3 Å². The molecule has 0 aliphatic carbocycles. The minimum absolute atomic E-state index is 0.0569. The van der Waals surface area contributed by atoms with Gasteiger partial charge in [-0.1, -0.05) is 12.1 Å². The number of rotatable bonds is 7. The van der Waals surface area contributed by atoms with Gasteiger partial charge in [-0.15, -0.1) is 0 Å². The number of nitro benzene ring substituents is 2. The Morgan fingerprint density at radius 3 is 2.38 bits per heavy atom. The van der Waals surface area contributed by atoms with Gasteiger partial charge in [0.15, 0.2) is 0 Å². The van der Waals surface area contributed by atoms with Crippen LogP contribution in [-0.4, -0.2) is 46.3 Å². The maximum atomic E-state index is 12.3. The largest absolute Gasteiger partial charge is 0.468 e. The van der Waals surface area contributed by atoms with E-state index in [0.717, 1.165) is 25.3 Å². The van der Waals surface area contributed by atoms with E-state index >= 15 is 0 Å². The zero-order valence-corrected chi connectivity index (χ0v) is 16.3. The molecule has 2 aromatic rings. The molecular weight excluding hydrogens is 428 g/mol. The Hall–Kier alpha value is -4.81. The Labute approximate surface area is 179 Å². The van der Waals surface area contributed by atoms with Crippen molar-refractivity contribution in [1.82, 2.24) is 10.2 Å². The Bertz CT molecular complexity index is 1160.